The summed E-state index contributed by atoms with van der Waals surface area (Å²) in [6, 6.07) is 9.35. The molecule has 0 bridgehead atoms. The number of hydrogen-bond donors (Lipinski definition) is 1. The van der Waals surface area contributed by atoms with Crippen molar-refractivity contribution in [2.24, 2.45) is 0 Å². The Hall–Kier alpha value is -2.32. The summed E-state index contributed by atoms with van der Waals surface area (Å²) in [6.45, 7) is 0. The third kappa shape index (κ3) is 2.44. The Morgan fingerprint density at radius 1 is 0.947 bits per heavy atom. The third-order valence-corrected chi connectivity index (χ3v) is 2.72. The van der Waals surface area contributed by atoms with Gasteiger partial charge in [-0.1, -0.05) is 18.2 Å². The van der Waals surface area contributed by atoms with Crippen molar-refractivity contribution in [3.05, 3.63) is 70.5 Å². The van der Waals surface area contributed by atoms with Crippen molar-refractivity contribution >= 4 is 0 Å². The normalized spacial score (nSPS) is 11.9. The van der Waals surface area contributed by atoms with E-state index in [9.17, 15) is 18.3 Å². The number of nitrogens with zero attached hydrogens (tertiary/aromatic N) is 1. The first kappa shape index (κ1) is 13.1. The lowest BCUT2D eigenvalue weighted by Crippen LogP contribution is -2.05. The molecule has 0 amide bonds. The highest BCUT2D eigenvalue weighted by molar-refractivity contribution is 5.36. The minimum Gasteiger partial charge on any atom is -0.384 e. The highest BCUT2D eigenvalue weighted by Gasteiger charge is 2.20. The van der Waals surface area contributed by atoms with Gasteiger partial charge >= 0.3 is 0 Å². The Labute approximate surface area is 107 Å². The number of halogens is 3. The number of aliphatic hydroxyl groups is 1. The van der Waals surface area contributed by atoms with Gasteiger partial charge in [-0.15, -0.1) is 0 Å². The zero-order valence-corrected chi connectivity index (χ0v) is 9.57. The lowest BCUT2D eigenvalue weighted by molar-refractivity contribution is 0.212. The highest BCUT2D eigenvalue weighted by Crippen LogP contribution is 2.26. The van der Waals surface area contributed by atoms with Crippen LogP contribution in [0.1, 0.15) is 22.8 Å². The molecule has 1 N–H and O–H groups in total. The van der Waals surface area contributed by atoms with Gasteiger partial charge in [0, 0.05) is 5.56 Å². The van der Waals surface area contributed by atoms with Crippen molar-refractivity contribution in [1.82, 2.24) is 0 Å². The van der Waals surface area contributed by atoms with Crippen LogP contribution in [-0.4, -0.2) is 5.11 Å². The van der Waals surface area contributed by atoms with E-state index in [0.717, 1.165) is 12.1 Å². The van der Waals surface area contributed by atoms with Crippen LogP contribution in [0.25, 0.3) is 0 Å². The molecule has 0 fully saturated rings. The lowest BCUT2D eigenvalue weighted by Gasteiger charge is -2.13. The van der Waals surface area contributed by atoms with E-state index in [1.807, 2.05) is 6.07 Å². The summed E-state index contributed by atoms with van der Waals surface area (Å²) in [7, 11) is 0. The molecule has 5 heteroatoms. The fourth-order valence-corrected chi connectivity index (χ4v) is 1.67. The van der Waals surface area contributed by atoms with Crippen molar-refractivity contribution in [2.75, 3.05) is 0 Å². The van der Waals surface area contributed by atoms with Gasteiger partial charge in [-0.2, -0.15) is 5.26 Å². The van der Waals surface area contributed by atoms with Gasteiger partial charge in [0.25, 0.3) is 0 Å². The summed E-state index contributed by atoms with van der Waals surface area (Å²) in [5.74, 6) is -4.35. The van der Waals surface area contributed by atoms with Gasteiger partial charge in [0.2, 0.25) is 0 Å². The minimum atomic E-state index is -1.62. The lowest BCUT2D eigenvalue weighted by atomic mass is 10.00. The molecule has 1 atom stereocenters. The molecule has 0 radical (unpaired) electrons. The number of hydrogen-bond acceptors (Lipinski definition) is 2. The van der Waals surface area contributed by atoms with Gasteiger partial charge in [-0.05, 0) is 23.8 Å². The maximum atomic E-state index is 13.5. The molecule has 2 rings (SSSR count). The molecule has 0 aliphatic carbocycles. The standard InChI is InChI=1S/C14H8F3NO/c15-11-6-5-10(12(16)13(11)17)14(19)9-3-1-8(7-18)2-4-9/h1-6,14,19H. The minimum absolute atomic E-state index is 0.281. The quantitative estimate of drug-likeness (QED) is 0.846. The first-order valence-electron chi connectivity index (χ1n) is 5.36. The molecule has 0 aromatic heterocycles. The van der Waals surface area contributed by atoms with Gasteiger partial charge in [-0.25, -0.2) is 13.2 Å². The third-order valence-electron chi connectivity index (χ3n) is 2.72. The summed E-state index contributed by atoms with van der Waals surface area (Å²) in [6.07, 6.45) is -1.43. The van der Waals surface area contributed by atoms with Gasteiger partial charge in [0.1, 0.15) is 6.10 Å². The zero-order chi connectivity index (χ0) is 14.0. The van der Waals surface area contributed by atoms with Crippen molar-refractivity contribution in [2.45, 2.75) is 6.10 Å². The van der Waals surface area contributed by atoms with E-state index in [0.29, 0.717) is 5.56 Å². The van der Waals surface area contributed by atoms with E-state index < -0.39 is 23.6 Å². The molecule has 2 aromatic rings. The Morgan fingerprint density at radius 3 is 2.16 bits per heavy atom. The summed E-state index contributed by atoms with van der Waals surface area (Å²) in [4.78, 5) is 0. The molecule has 0 aliphatic rings. The molecule has 96 valence electrons. The number of nitriles is 1. The van der Waals surface area contributed by atoms with Crippen molar-refractivity contribution < 1.29 is 18.3 Å². The fraction of sp³-hybridized carbons (Fsp3) is 0.0714. The van der Waals surface area contributed by atoms with Crippen LogP contribution in [0.3, 0.4) is 0 Å². The molecular weight excluding hydrogens is 255 g/mol. The van der Waals surface area contributed by atoms with Crippen LogP contribution in [0.4, 0.5) is 13.2 Å². The smallest absolute Gasteiger partial charge is 0.194 e. The molecule has 2 aromatic carbocycles. The SMILES string of the molecule is N#Cc1ccc(C(O)c2ccc(F)c(F)c2F)cc1. The first-order valence-corrected chi connectivity index (χ1v) is 5.36. The first-order chi connectivity index (χ1) is 9.04. The van der Waals surface area contributed by atoms with Gasteiger partial charge in [0.15, 0.2) is 17.5 Å². The second-order valence-corrected chi connectivity index (χ2v) is 3.90. The number of rotatable bonds is 2. The van der Waals surface area contributed by atoms with E-state index in [2.05, 4.69) is 0 Å². The summed E-state index contributed by atoms with van der Waals surface area (Å²) >= 11 is 0. The molecular formula is C14H8F3NO. The molecule has 1 unspecified atom stereocenters. The second-order valence-electron chi connectivity index (χ2n) is 3.90. The van der Waals surface area contributed by atoms with E-state index in [-0.39, 0.29) is 11.1 Å². The van der Waals surface area contributed by atoms with Crippen LogP contribution in [0.2, 0.25) is 0 Å². The van der Waals surface area contributed by atoms with Crippen LogP contribution in [0.15, 0.2) is 36.4 Å². The molecule has 19 heavy (non-hydrogen) atoms. The summed E-state index contributed by atoms with van der Waals surface area (Å²) < 4.78 is 39.4. The number of aliphatic hydroxyl groups excluding tert-OH is 1. The average molecular weight is 263 g/mol. The zero-order valence-electron chi connectivity index (χ0n) is 9.57. The van der Waals surface area contributed by atoms with Gasteiger partial charge in [0.05, 0.1) is 11.6 Å². The van der Waals surface area contributed by atoms with E-state index in [1.54, 1.807) is 0 Å². The average Bonchev–Trinajstić information content (AvgIpc) is 2.44. The fourth-order valence-electron chi connectivity index (χ4n) is 1.67. The largest absolute Gasteiger partial charge is 0.384 e. The molecule has 0 spiro atoms. The van der Waals surface area contributed by atoms with E-state index in [4.69, 9.17) is 5.26 Å². The van der Waals surface area contributed by atoms with Crippen molar-refractivity contribution in [3.63, 3.8) is 0 Å². The Bertz CT molecular complexity index is 647. The van der Waals surface area contributed by atoms with Crippen LogP contribution < -0.4 is 0 Å². The predicted octanol–water partition coefficient (Wildman–Crippen LogP) is 3.06. The van der Waals surface area contributed by atoms with Crippen molar-refractivity contribution in [1.29, 1.82) is 5.26 Å². The van der Waals surface area contributed by atoms with Gasteiger partial charge < -0.3 is 5.11 Å². The summed E-state index contributed by atoms with van der Waals surface area (Å²) in [5.41, 5.74) is 0.300. The van der Waals surface area contributed by atoms with Crippen LogP contribution in [0, 0.1) is 28.8 Å². The van der Waals surface area contributed by atoms with Crippen LogP contribution in [-0.2, 0) is 0 Å². The molecule has 0 saturated carbocycles. The Balaban J connectivity index is 2.41. The van der Waals surface area contributed by atoms with E-state index in [1.165, 1.54) is 24.3 Å². The second kappa shape index (κ2) is 5.12. The predicted molar refractivity (Wildman–Crippen MR) is 61.5 cm³/mol. The highest BCUT2D eigenvalue weighted by atomic mass is 19.2. The molecule has 0 heterocycles. The van der Waals surface area contributed by atoms with Crippen molar-refractivity contribution in [3.8, 4) is 6.07 Å². The Morgan fingerprint density at radius 2 is 1.58 bits per heavy atom. The number of benzene rings is 2. The maximum absolute atomic E-state index is 13.5. The van der Waals surface area contributed by atoms with Crippen LogP contribution in [0.5, 0.6) is 0 Å². The van der Waals surface area contributed by atoms with E-state index >= 15 is 0 Å². The summed E-state index contributed by atoms with van der Waals surface area (Å²) in [5, 5.41) is 18.6. The molecule has 0 aliphatic heterocycles. The molecule has 2 nitrogen and oxygen atoms in total. The monoisotopic (exact) mass is 263 g/mol. The molecule has 0 saturated heterocycles. The van der Waals surface area contributed by atoms with Crippen LogP contribution >= 0.6 is 0 Å². The Kier molecular flexibility index (Phi) is 3.54. The maximum Gasteiger partial charge on any atom is 0.194 e. The van der Waals surface area contributed by atoms with Gasteiger partial charge in [-0.3, -0.25) is 0 Å². The topological polar surface area (TPSA) is 44.0 Å².